The van der Waals surface area contributed by atoms with Gasteiger partial charge in [-0.3, -0.25) is 14.4 Å². The summed E-state index contributed by atoms with van der Waals surface area (Å²) in [5.41, 5.74) is 0.966. The Morgan fingerprint density at radius 2 is 1.85 bits per heavy atom. The number of fused-ring (bicyclic) bond motifs is 1. The molecule has 9 heteroatoms. The molecule has 0 bridgehead atoms. The number of methoxy groups -OCH3 is 1. The number of nitrogens with one attached hydrogen (secondary N) is 1. The molecule has 1 aromatic rings. The molecule has 9 nitrogen and oxygen atoms in total. The number of likely N-dealkylation sites (N-methyl/N-ethyl adjacent to an activating group) is 1. The third-order valence-electron chi connectivity index (χ3n) is 6.71. The lowest BCUT2D eigenvalue weighted by molar-refractivity contribution is -0.133. The largest absolute Gasteiger partial charge is 0.491 e. The van der Waals surface area contributed by atoms with Gasteiger partial charge >= 0.3 is 0 Å². The fourth-order valence-corrected chi connectivity index (χ4v) is 4.49. The first-order valence-electron chi connectivity index (χ1n) is 11.9. The molecule has 0 saturated carbocycles. The molecule has 3 rings (SSSR count). The maximum atomic E-state index is 13.3. The average Bonchev–Trinajstić information content (AvgIpc) is 2.83. The van der Waals surface area contributed by atoms with Gasteiger partial charge in [0, 0.05) is 71.0 Å². The van der Waals surface area contributed by atoms with Gasteiger partial charge in [0.2, 0.25) is 11.8 Å². The van der Waals surface area contributed by atoms with Crippen molar-refractivity contribution >= 4 is 23.4 Å². The van der Waals surface area contributed by atoms with Gasteiger partial charge in [0.05, 0.1) is 17.7 Å². The van der Waals surface area contributed by atoms with E-state index in [0.717, 1.165) is 0 Å². The maximum absolute atomic E-state index is 13.3. The van der Waals surface area contributed by atoms with Crippen LogP contribution < -0.4 is 10.1 Å². The van der Waals surface area contributed by atoms with Crippen LogP contribution in [-0.4, -0.2) is 86.7 Å². The van der Waals surface area contributed by atoms with Gasteiger partial charge in [0.15, 0.2) is 0 Å². The third-order valence-corrected chi connectivity index (χ3v) is 6.71. The number of amides is 3. The highest BCUT2D eigenvalue weighted by Gasteiger charge is 2.29. The van der Waals surface area contributed by atoms with Crippen molar-refractivity contribution in [2.24, 2.45) is 11.8 Å². The number of carbonyl (C=O) groups is 3. The molecule has 1 aromatic carbocycles. The van der Waals surface area contributed by atoms with E-state index in [2.05, 4.69) is 5.32 Å². The molecule has 3 amide bonds. The fraction of sp³-hybridized carbons (Fsp3) is 0.640. The van der Waals surface area contributed by atoms with Gasteiger partial charge in [-0.2, -0.15) is 0 Å². The second-order valence-electron chi connectivity index (χ2n) is 9.36. The van der Waals surface area contributed by atoms with Crippen LogP contribution in [0.5, 0.6) is 5.75 Å². The average molecular weight is 476 g/mol. The molecule has 2 heterocycles. The monoisotopic (exact) mass is 475 g/mol. The zero-order valence-electron chi connectivity index (χ0n) is 20.8. The summed E-state index contributed by atoms with van der Waals surface area (Å²) in [5.74, 6) is 0.00136. The summed E-state index contributed by atoms with van der Waals surface area (Å²) in [7, 11) is 3.35. The van der Waals surface area contributed by atoms with Crippen molar-refractivity contribution in [3.05, 3.63) is 23.8 Å². The Labute approximate surface area is 201 Å². The van der Waals surface area contributed by atoms with Crippen LogP contribution in [0.4, 0.5) is 5.69 Å². The maximum Gasteiger partial charge on any atom is 0.257 e. The number of hydrogen-bond donors (Lipinski definition) is 1. The van der Waals surface area contributed by atoms with Gasteiger partial charge in [-0.1, -0.05) is 6.92 Å². The van der Waals surface area contributed by atoms with E-state index in [9.17, 15) is 14.4 Å². The van der Waals surface area contributed by atoms with Crippen molar-refractivity contribution in [1.29, 1.82) is 0 Å². The van der Waals surface area contributed by atoms with E-state index in [-0.39, 0.29) is 48.3 Å². The van der Waals surface area contributed by atoms with Crippen molar-refractivity contribution in [3.8, 4) is 5.75 Å². The van der Waals surface area contributed by atoms with Gasteiger partial charge in [0.1, 0.15) is 12.4 Å². The summed E-state index contributed by atoms with van der Waals surface area (Å²) in [4.78, 5) is 41.7. The Balaban J connectivity index is 1.89. The van der Waals surface area contributed by atoms with Crippen LogP contribution in [0.3, 0.4) is 0 Å². The molecule has 1 saturated heterocycles. The second kappa shape index (κ2) is 11.7. The minimum Gasteiger partial charge on any atom is -0.491 e. The Kier molecular flexibility index (Phi) is 8.90. The lowest BCUT2D eigenvalue weighted by Gasteiger charge is -2.35. The van der Waals surface area contributed by atoms with Crippen molar-refractivity contribution in [2.75, 3.05) is 52.4 Å². The lowest BCUT2D eigenvalue weighted by atomic mass is 9.99. The summed E-state index contributed by atoms with van der Waals surface area (Å²) < 4.78 is 17.1. The quantitative estimate of drug-likeness (QED) is 0.721. The Bertz CT molecular complexity index is 885. The fourth-order valence-electron chi connectivity index (χ4n) is 4.49. The highest BCUT2D eigenvalue weighted by molar-refractivity contribution is 5.98. The van der Waals surface area contributed by atoms with E-state index >= 15 is 0 Å². The number of carbonyl (C=O) groups excluding carboxylic acids is 3. The topological polar surface area (TPSA) is 97.4 Å². The molecule has 188 valence electrons. The van der Waals surface area contributed by atoms with Crippen molar-refractivity contribution in [1.82, 2.24) is 9.80 Å². The zero-order valence-corrected chi connectivity index (χ0v) is 20.8. The molecule has 1 fully saturated rings. The molecule has 1 N–H and O–H groups in total. The summed E-state index contributed by atoms with van der Waals surface area (Å²) in [6.45, 7) is 7.73. The van der Waals surface area contributed by atoms with Crippen LogP contribution in [0.25, 0.3) is 0 Å². The first-order valence-corrected chi connectivity index (χ1v) is 11.9. The van der Waals surface area contributed by atoms with E-state index < -0.39 is 0 Å². The van der Waals surface area contributed by atoms with E-state index in [1.54, 1.807) is 49.1 Å². The van der Waals surface area contributed by atoms with E-state index in [4.69, 9.17) is 14.2 Å². The molecule has 0 unspecified atom stereocenters. The number of nitrogens with zero attached hydrogens (tertiary/aromatic N) is 2. The molecule has 0 aromatic heterocycles. The highest BCUT2D eigenvalue weighted by atomic mass is 16.5. The Hall–Kier alpha value is -2.65. The molecule has 3 atom stereocenters. The highest BCUT2D eigenvalue weighted by Crippen LogP contribution is 2.28. The number of rotatable bonds is 3. The molecular weight excluding hydrogens is 438 g/mol. The van der Waals surface area contributed by atoms with Crippen LogP contribution in [0.1, 0.15) is 44.0 Å². The zero-order chi connectivity index (χ0) is 24.8. The van der Waals surface area contributed by atoms with E-state index in [1.807, 2.05) is 13.8 Å². The molecular formula is C25H37N3O6. The molecule has 34 heavy (non-hydrogen) atoms. The minimum atomic E-state index is -0.232. The predicted octanol–water partition coefficient (Wildman–Crippen LogP) is 2.40. The predicted molar refractivity (Wildman–Crippen MR) is 128 cm³/mol. The summed E-state index contributed by atoms with van der Waals surface area (Å²) in [6, 6.07) is 4.88. The summed E-state index contributed by atoms with van der Waals surface area (Å²) in [6.07, 6.45) is 1.15. The smallest absolute Gasteiger partial charge is 0.257 e. The van der Waals surface area contributed by atoms with Gasteiger partial charge < -0.3 is 29.3 Å². The van der Waals surface area contributed by atoms with Crippen LogP contribution in [0, 0.1) is 11.8 Å². The SMILES string of the molecule is CO[C@@H]1CN(C)C(=O)c2ccc(NC(=O)C3CCOCC3)cc2OC[C@@H](C)N(C(C)=O)C[C@@H]1C. The van der Waals surface area contributed by atoms with E-state index in [0.29, 0.717) is 56.1 Å². The molecule has 0 spiro atoms. The van der Waals surface area contributed by atoms with Crippen LogP contribution in [0.2, 0.25) is 0 Å². The van der Waals surface area contributed by atoms with Crippen molar-refractivity contribution in [3.63, 3.8) is 0 Å². The van der Waals surface area contributed by atoms with Gasteiger partial charge in [-0.15, -0.1) is 0 Å². The number of ether oxygens (including phenoxy) is 3. The molecule has 0 radical (unpaired) electrons. The third kappa shape index (κ3) is 6.27. The number of anilines is 1. The Morgan fingerprint density at radius 1 is 1.15 bits per heavy atom. The van der Waals surface area contributed by atoms with Crippen molar-refractivity contribution in [2.45, 2.75) is 45.8 Å². The van der Waals surface area contributed by atoms with Gasteiger partial charge in [0.25, 0.3) is 5.91 Å². The minimum absolute atomic E-state index is 0.0215. The van der Waals surface area contributed by atoms with Crippen LogP contribution in [-0.2, 0) is 19.1 Å². The normalized spacial score (nSPS) is 25.0. The van der Waals surface area contributed by atoms with Crippen LogP contribution in [0.15, 0.2) is 18.2 Å². The number of benzene rings is 1. The molecule has 2 aliphatic rings. The van der Waals surface area contributed by atoms with Crippen molar-refractivity contribution < 1.29 is 28.6 Å². The summed E-state index contributed by atoms with van der Waals surface area (Å²) in [5, 5.41) is 2.95. The van der Waals surface area contributed by atoms with Gasteiger partial charge in [-0.05, 0) is 31.9 Å². The molecule has 2 aliphatic heterocycles. The molecule has 0 aliphatic carbocycles. The van der Waals surface area contributed by atoms with Gasteiger partial charge in [-0.25, -0.2) is 0 Å². The lowest BCUT2D eigenvalue weighted by Crippen LogP contribution is -2.48. The first kappa shape index (κ1) is 26.0. The standard InChI is InChI=1S/C25H37N3O6/c1-16-13-28(18(3)29)17(2)15-34-22-12-20(26-24(30)19-8-10-33-11-9-19)6-7-21(22)25(31)27(4)14-23(16)32-5/h6-7,12,16-17,19,23H,8-11,13-15H2,1-5H3,(H,26,30)/t16-,17+,23+/m0/s1. The van der Waals surface area contributed by atoms with Crippen LogP contribution >= 0.6 is 0 Å². The van der Waals surface area contributed by atoms with E-state index in [1.165, 1.54) is 0 Å². The summed E-state index contributed by atoms with van der Waals surface area (Å²) >= 11 is 0. The number of hydrogen-bond acceptors (Lipinski definition) is 6. The first-order chi connectivity index (χ1) is 16.2. The second-order valence-corrected chi connectivity index (χ2v) is 9.36. The Morgan fingerprint density at radius 3 is 2.50 bits per heavy atom.